The highest BCUT2D eigenvalue weighted by Crippen LogP contribution is 2.23. The minimum atomic E-state index is 0.434. The average Bonchev–Trinajstić information content (AvgIpc) is 2.57. The van der Waals surface area contributed by atoms with Gasteiger partial charge in [0, 0.05) is 6.07 Å². The van der Waals surface area contributed by atoms with E-state index in [1.54, 1.807) is 12.3 Å². The Bertz CT molecular complexity index is 389. The maximum atomic E-state index is 5.47. The average molecular weight is 194 g/mol. The van der Waals surface area contributed by atoms with E-state index in [1.807, 2.05) is 0 Å². The standard InChI is InChI=1S/C7H6N4OS/c8-5-3-6(11-4-10-5)13-7-9-1-2-12-7/h1-4H,(H2,8,10,11). The van der Waals surface area contributed by atoms with Gasteiger partial charge >= 0.3 is 0 Å². The molecule has 66 valence electrons. The molecule has 0 saturated carbocycles. The van der Waals surface area contributed by atoms with E-state index in [0.717, 1.165) is 5.03 Å². The summed E-state index contributed by atoms with van der Waals surface area (Å²) in [5, 5.41) is 1.26. The van der Waals surface area contributed by atoms with Crippen LogP contribution in [0.4, 0.5) is 5.82 Å². The van der Waals surface area contributed by atoms with Crippen LogP contribution in [-0.2, 0) is 0 Å². The maximum Gasteiger partial charge on any atom is 0.261 e. The third-order valence-corrected chi connectivity index (χ3v) is 2.07. The van der Waals surface area contributed by atoms with Gasteiger partial charge in [-0.05, 0) is 11.8 Å². The smallest absolute Gasteiger partial charge is 0.261 e. The highest BCUT2D eigenvalue weighted by Gasteiger charge is 2.02. The maximum absolute atomic E-state index is 5.47. The van der Waals surface area contributed by atoms with Gasteiger partial charge in [0.05, 0.1) is 6.20 Å². The predicted octanol–water partition coefficient (Wildman–Crippen LogP) is 1.20. The number of aromatic nitrogens is 3. The molecule has 6 heteroatoms. The summed E-state index contributed by atoms with van der Waals surface area (Å²) in [5.41, 5.74) is 5.47. The largest absolute Gasteiger partial charge is 0.440 e. The Morgan fingerprint density at radius 2 is 2.23 bits per heavy atom. The molecule has 0 amide bonds. The summed E-state index contributed by atoms with van der Waals surface area (Å²) in [4.78, 5) is 11.7. The molecule has 0 aliphatic rings. The number of hydrogen-bond acceptors (Lipinski definition) is 6. The molecule has 2 rings (SSSR count). The van der Waals surface area contributed by atoms with E-state index in [4.69, 9.17) is 10.2 Å². The van der Waals surface area contributed by atoms with Crippen LogP contribution in [0, 0.1) is 0 Å². The van der Waals surface area contributed by atoms with Crippen molar-refractivity contribution in [2.45, 2.75) is 10.2 Å². The monoisotopic (exact) mass is 194 g/mol. The Hall–Kier alpha value is -1.56. The van der Waals surface area contributed by atoms with Gasteiger partial charge in [0.1, 0.15) is 23.4 Å². The van der Waals surface area contributed by atoms with Gasteiger partial charge in [-0.25, -0.2) is 15.0 Å². The molecule has 5 nitrogen and oxygen atoms in total. The van der Waals surface area contributed by atoms with Crippen LogP contribution in [0.5, 0.6) is 0 Å². The number of anilines is 1. The van der Waals surface area contributed by atoms with E-state index in [0.29, 0.717) is 11.0 Å². The second-order valence-corrected chi connectivity index (χ2v) is 3.15. The third-order valence-electron chi connectivity index (χ3n) is 1.26. The molecule has 0 saturated heterocycles. The summed E-state index contributed by atoms with van der Waals surface area (Å²) in [6.45, 7) is 0. The van der Waals surface area contributed by atoms with E-state index in [2.05, 4.69) is 15.0 Å². The SMILES string of the molecule is Nc1cc(Sc2ncco2)ncn1. The van der Waals surface area contributed by atoms with Crippen molar-refractivity contribution in [2.24, 2.45) is 0 Å². The second kappa shape index (κ2) is 3.44. The van der Waals surface area contributed by atoms with Crippen LogP contribution in [-0.4, -0.2) is 15.0 Å². The number of rotatable bonds is 2. The summed E-state index contributed by atoms with van der Waals surface area (Å²) in [5.74, 6) is 0.434. The summed E-state index contributed by atoms with van der Waals surface area (Å²) >= 11 is 1.30. The summed E-state index contributed by atoms with van der Waals surface area (Å²) < 4.78 is 5.03. The lowest BCUT2D eigenvalue weighted by Gasteiger charge is -1.95. The van der Waals surface area contributed by atoms with Crippen molar-refractivity contribution in [2.75, 3.05) is 5.73 Å². The normalized spacial score (nSPS) is 10.2. The Labute approximate surface area is 78.4 Å². The minimum Gasteiger partial charge on any atom is -0.440 e. The van der Waals surface area contributed by atoms with Crippen LogP contribution in [0.3, 0.4) is 0 Å². The van der Waals surface area contributed by atoms with Crippen molar-refractivity contribution < 1.29 is 4.42 Å². The Balaban J connectivity index is 2.19. The second-order valence-electron chi connectivity index (χ2n) is 2.18. The minimum absolute atomic E-state index is 0.434. The zero-order valence-corrected chi connectivity index (χ0v) is 7.36. The first-order valence-corrected chi connectivity index (χ1v) is 4.31. The van der Waals surface area contributed by atoms with Crippen molar-refractivity contribution in [3.63, 3.8) is 0 Å². The fraction of sp³-hybridized carbons (Fsp3) is 0. The Morgan fingerprint density at radius 3 is 2.92 bits per heavy atom. The van der Waals surface area contributed by atoms with Gasteiger partial charge in [-0.3, -0.25) is 0 Å². The molecule has 0 atom stereocenters. The molecule has 2 heterocycles. The van der Waals surface area contributed by atoms with Crippen molar-refractivity contribution in [1.29, 1.82) is 0 Å². The van der Waals surface area contributed by atoms with Gasteiger partial charge in [0.25, 0.3) is 5.22 Å². The predicted molar refractivity (Wildman–Crippen MR) is 47.1 cm³/mol. The zero-order chi connectivity index (χ0) is 9.10. The van der Waals surface area contributed by atoms with Crippen LogP contribution in [0.15, 0.2) is 39.5 Å². The molecule has 0 bridgehead atoms. The summed E-state index contributed by atoms with van der Waals surface area (Å²) in [6, 6.07) is 1.66. The molecule has 0 fully saturated rings. The number of hydrogen-bond donors (Lipinski definition) is 1. The van der Waals surface area contributed by atoms with E-state index < -0.39 is 0 Å². The van der Waals surface area contributed by atoms with Gasteiger partial charge in [0.15, 0.2) is 0 Å². The van der Waals surface area contributed by atoms with Crippen LogP contribution >= 0.6 is 11.8 Å². The first-order valence-electron chi connectivity index (χ1n) is 3.49. The van der Waals surface area contributed by atoms with Gasteiger partial charge in [-0.1, -0.05) is 0 Å². The first kappa shape index (κ1) is 8.06. The zero-order valence-electron chi connectivity index (χ0n) is 6.54. The topological polar surface area (TPSA) is 77.8 Å². The van der Waals surface area contributed by atoms with Crippen molar-refractivity contribution in [1.82, 2.24) is 15.0 Å². The van der Waals surface area contributed by atoms with Crippen LogP contribution in [0.2, 0.25) is 0 Å². The van der Waals surface area contributed by atoms with Gasteiger partial charge in [0.2, 0.25) is 0 Å². The molecule has 0 aliphatic heterocycles. The Kier molecular flexibility index (Phi) is 2.13. The van der Waals surface area contributed by atoms with Crippen LogP contribution in [0.25, 0.3) is 0 Å². The molecule has 0 unspecified atom stereocenters. The van der Waals surface area contributed by atoms with E-state index in [9.17, 15) is 0 Å². The lowest BCUT2D eigenvalue weighted by molar-refractivity contribution is 0.454. The van der Waals surface area contributed by atoms with E-state index in [-0.39, 0.29) is 0 Å². The first-order chi connectivity index (χ1) is 6.34. The molecule has 0 aliphatic carbocycles. The lowest BCUT2D eigenvalue weighted by Crippen LogP contribution is -1.91. The molecule has 2 N–H and O–H groups in total. The third kappa shape index (κ3) is 1.97. The van der Waals surface area contributed by atoms with E-state index >= 15 is 0 Å². The van der Waals surface area contributed by atoms with Gasteiger partial charge < -0.3 is 10.2 Å². The van der Waals surface area contributed by atoms with Crippen LogP contribution in [0.1, 0.15) is 0 Å². The summed E-state index contributed by atoms with van der Waals surface area (Å²) in [7, 11) is 0. The Morgan fingerprint density at radius 1 is 1.31 bits per heavy atom. The highest BCUT2D eigenvalue weighted by atomic mass is 32.2. The number of nitrogens with zero attached hydrogens (tertiary/aromatic N) is 3. The lowest BCUT2D eigenvalue weighted by atomic mass is 10.6. The molecule has 2 aromatic rings. The van der Waals surface area contributed by atoms with Gasteiger partial charge in [-0.15, -0.1) is 0 Å². The van der Waals surface area contributed by atoms with Gasteiger partial charge in [-0.2, -0.15) is 0 Å². The molecule has 2 aromatic heterocycles. The molecular weight excluding hydrogens is 188 g/mol. The quantitative estimate of drug-likeness (QED) is 0.724. The molecule has 0 spiro atoms. The van der Waals surface area contributed by atoms with Crippen molar-refractivity contribution in [3.05, 3.63) is 24.9 Å². The number of nitrogen functional groups attached to an aromatic ring is 1. The fourth-order valence-electron chi connectivity index (χ4n) is 0.760. The fourth-order valence-corrected chi connectivity index (χ4v) is 1.44. The van der Waals surface area contributed by atoms with Crippen molar-refractivity contribution in [3.8, 4) is 0 Å². The summed E-state index contributed by atoms with van der Waals surface area (Å²) in [6.07, 6.45) is 4.49. The van der Waals surface area contributed by atoms with E-state index in [1.165, 1.54) is 24.4 Å². The number of oxazole rings is 1. The molecule has 0 radical (unpaired) electrons. The van der Waals surface area contributed by atoms with Crippen LogP contribution < -0.4 is 5.73 Å². The highest BCUT2D eigenvalue weighted by molar-refractivity contribution is 7.99. The molecule has 0 aromatic carbocycles. The van der Waals surface area contributed by atoms with Crippen molar-refractivity contribution >= 4 is 17.6 Å². The molecular formula is C7H6N4OS. The molecule has 13 heavy (non-hydrogen) atoms. The number of nitrogens with two attached hydrogens (primary N) is 1.